The number of rotatable bonds is 3. The van der Waals surface area contributed by atoms with Crippen molar-refractivity contribution >= 4 is 17.5 Å². The fourth-order valence-corrected chi connectivity index (χ4v) is 1.95. The second kappa shape index (κ2) is 4.49. The molecule has 0 aromatic heterocycles. The molecule has 0 fully saturated rings. The summed E-state index contributed by atoms with van der Waals surface area (Å²) >= 11 is 0. The van der Waals surface area contributed by atoms with Crippen LogP contribution in [-0.4, -0.2) is 28.2 Å². The second-order valence-corrected chi connectivity index (χ2v) is 4.21. The topological polar surface area (TPSA) is 104 Å². The van der Waals surface area contributed by atoms with Crippen molar-refractivity contribution in [2.75, 3.05) is 6.54 Å². The predicted molar refractivity (Wildman–Crippen MR) is 63.2 cm³/mol. The van der Waals surface area contributed by atoms with Gasteiger partial charge in [0.1, 0.15) is 5.56 Å². The number of hydrogen-bond donors (Lipinski definition) is 0. The van der Waals surface area contributed by atoms with Crippen LogP contribution >= 0.6 is 0 Å². The molecular formula is C12H9N3O4. The highest BCUT2D eigenvalue weighted by atomic mass is 16.6. The van der Waals surface area contributed by atoms with Gasteiger partial charge in [-0.15, -0.1) is 0 Å². The molecule has 0 saturated carbocycles. The minimum Gasteiger partial charge on any atom is -0.273 e. The molecule has 0 aliphatic carbocycles. The van der Waals surface area contributed by atoms with E-state index < -0.39 is 22.7 Å². The van der Waals surface area contributed by atoms with Gasteiger partial charge < -0.3 is 0 Å². The van der Waals surface area contributed by atoms with Crippen LogP contribution in [0.25, 0.3) is 0 Å². The molecule has 1 atom stereocenters. The zero-order valence-electron chi connectivity index (χ0n) is 9.99. The zero-order chi connectivity index (χ0) is 14.2. The molecule has 96 valence electrons. The van der Waals surface area contributed by atoms with E-state index >= 15 is 0 Å². The monoisotopic (exact) mass is 259 g/mol. The Morgan fingerprint density at radius 3 is 2.68 bits per heavy atom. The molecule has 0 N–H and O–H groups in total. The molecule has 0 unspecified atom stereocenters. The number of fused-ring (bicyclic) bond motifs is 1. The first-order valence-corrected chi connectivity index (χ1v) is 5.50. The SMILES string of the molecule is C[C@H](C#N)CN1C(=O)c2cccc([N+](=O)[O-])c2C1=O. The predicted octanol–water partition coefficient (Wildman–Crippen LogP) is 1.35. The Balaban J connectivity index is 2.48. The van der Waals surface area contributed by atoms with Crippen molar-refractivity contribution in [2.45, 2.75) is 6.92 Å². The Morgan fingerprint density at radius 1 is 1.42 bits per heavy atom. The van der Waals surface area contributed by atoms with Crippen molar-refractivity contribution in [2.24, 2.45) is 5.92 Å². The lowest BCUT2D eigenvalue weighted by Crippen LogP contribution is -2.33. The lowest BCUT2D eigenvalue weighted by Gasteiger charge is -2.14. The average molecular weight is 259 g/mol. The summed E-state index contributed by atoms with van der Waals surface area (Å²) in [5.41, 5.74) is -0.560. The van der Waals surface area contributed by atoms with Gasteiger partial charge in [0.2, 0.25) is 0 Å². The summed E-state index contributed by atoms with van der Waals surface area (Å²) < 4.78 is 0. The first-order valence-electron chi connectivity index (χ1n) is 5.50. The number of nitro benzene ring substituents is 1. The van der Waals surface area contributed by atoms with Crippen LogP contribution in [0.3, 0.4) is 0 Å². The van der Waals surface area contributed by atoms with Gasteiger partial charge in [-0.2, -0.15) is 5.26 Å². The van der Waals surface area contributed by atoms with Crippen LogP contribution in [0.2, 0.25) is 0 Å². The quantitative estimate of drug-likeness (QED) is 0.463. The largest absolute Gasteiger partial charge is 0.282 e. The van der Waals surface area contributed by atoms with Crippen molar-refractivity contribution in [3.8, 4) is 6.07 Å². The smallest absolute Gasteiger partial charge is 0.273 e. The molecule has 1 aromatic rings. The Bertz CT molecular complexity index is 632. The highest BCUT2D eigenvalue weighted by Gasteiger charge is 2.41. The molecule has 19 heavy (non-hydrogen) atoms. The minimum absolute atomic E-state index is 0.0179. The Kier molecular flexibility index (Phi) is 3.00. The first-order chi connectivity index (χ1) is 8.97. The third-order valence-electron chi connectivity index (χ3n) is 2.85. The van der Waals surface area contributed by atoms with Crippen LogP contribution in [0.15, 0.2) is 18.2 Å². The van der Waals surface area contributed by atoms with E-state index in [9.17, 15) is 19.7 Å². The molecule has 1 aliphatic rings. The van der Waals surface area contributed by atoms with E-state index in [1.54, 1.807) is 6.92 Å². The third-order valence-corrected chi connectivity index (χ3v) is 2.85. The van der Waals surface area contributed by atoms with E-state index in [-0.39, 0.29) is 23.4 Å². The summed E-state index contributed by atoms with van der Waals surface area (Å²) in [5.74, 6) is -1.83. The zero-order valence-corrected chi connectivity index (χ0v) is 9.99. The maximum Gasteiger partial charge on any atom is 0.282 e. The van der Waals surface area contributed by atoms with E-state index in [1.165, 1.54) is 18.2 Å². The van der Waals surface area contributed by atoms with Crippen molar-refractivity contribution in [3.05, 3.63) is 39.4 Å². The standard InChI is InChI=1S/C12H9N3O4/c1-7(5-13)6-14-11(16)8-3-2-4-9(15(18)19)10(8)12(14)17/h2-4,7H,6H2,1H3/t7-/m1/s1. The summed E-state index contributed by atoms with van der Waals surface area (Å²) in [6.45, 7) is 1.50. The summed E-state index contributed by atoms with van der Waals surface area (Å²) in [5, 5.41) is 19.6. The van der Waals surface area contributed by atoms with Gasteiger partial charge in [-0.05, 0) is 13.0 Å². The Hall–Kier alpha value is -2.75. The van der Waals surface area contributed by atoms with E-state index in [4.69, 9.17) is 5.26 Å². The van der Waals surface area contributed by atoms with Crippen molar-refractivity contribution < 1.29 is 14.5 Å². The highest BCUT2D eigenvalue weighted by molar-refractivity contribution is 6.23. The number of nitriles is 1. The van der Waals surface area contributed by atoms with Crippen molar-refractivity contribution in [1.82, 2.24) is 4.90 Å². The van der Waals surface area contributed by atoms with Gasteiger partial charge in [0.25, 0.3) is 17.5 Å². The molecule has 7 heteroatoms. The molecule has 2 amide bonds. The van der Waals surface area contributed by atoms with Crippen molar-refractivity contribution in [1.29, 1.82) is 5.26 Å². The molecule has 0 bridgehead atoms. The van der Waals surface area contributed by atoms with Gasteiger partial charge in [0.05, 0.1) is 22.5 Å². The molecule has 1 aliphatic heterocycles. The van der Waals surface area contributed by atoms with E-state index in [2.05, 4.69) is 0 Å². The van der Waals surface area contributed by atoms with Gasteiger partial charge in [0.15, 0.2) is 0 Å². The summed E-state index contributed by atoms with van der Waals surface area (Å²) in [6, 6.07) is 5.83. The van der Waals surface area contributed by atoms with Gasteiger partial charge >= 0.3 is 0 Å². The molecule has 1 heterocycles. The fourth-order valence-electron chi connectivity index (χ4n) is 1.95. The normalized spacial score (nSPS) is 15.1. The number of amides is 2. The van der Waals surface area contributed by atoms with Crippen LogP contribution in [0.5, 0.6) is 0 Å². The number of carbonyl (C=O) groups is 2. The minimum atomic E-state index is -0.714. The number of nitrogens with zero attached hydrogens (tertiary/aromatic N) is 3. The Labute approximate surface area is 108 Å². The molecule has 7 nitrogen and oxygen atoms in total. The maximum absolute atomic E-state index is 12.1. The van der Waals surface area contributed by atoms with Crippen LogP contribution in [0, 0.1) is 27.4 Å². The van der Waals surface area contributed by atoms with Gasteiger partial charge in [-0.3, -0.25) is 24.6 Å². The summed E-state index contributed by atoms with van der Waals surface area (Å²) in [6.07, 6.45) is 0. The maximum atomic E-state index is 12.1. The average Bonchev–Trinajstić information content (AvgIpc) is 2.63. The molecule has 0 radical (unpaired) electrons. The summed E-state index contributed by atoms with van der Waals surface area (Å²) in [7, 11) is 0. The third kappa shape index (κ3) is 1.93. The van der Waals surface area contributed by atoms with E-state index in [0.29, 0.717) is 0 Å². The van der Waals surface area contributed by atoms with Gasteiger partial charge in [0, 0.05) is 12.6 Å². The molecule has 0 saturated heterocycles. The molecule has 1 aromatic carbocycles. The van der Waals surface area contributed by atoms with E-state index in [0.717, 1.165) is 4.90 Å². The lowest BCUT2D eigenvalue weighted by atomic mass is 10.1. The summed E-state index contributed by atoms with van der Waals surface area (Å²) in [4.78, 5) is 35.1. The molecular weight excluding hydrogens is 250 g/mol. The van der Waals surface area contributed by atoms with Gasteiger partial charge in [-0.1, -0.05) is 6.07 Å². The van der Waals surface area contributed by atoms with Gasteiger partial charge in [-0.25, -0.2) is 0 Å². The molecule has 0 spiro atoms. The van der Waals surface area contributed by atoms with Crippen LogP contribution in [0.1, 0.15) is 27.6 Å². The number of carbonyl (C=O) groups excluding carboxylic acids is 2. The van der Waals surface area contributed by atoms with Crippen LogP contribution < -0.4 is 0 Å². The number of imide groups is 1. The lowest BCUT2D eigenvalue weighted by molar-refractivity contribution is -0.385. The fraction of sp³-hybridized carbons (Fsp3) is 0.250. The molecule has 2 rings (SSSR count). The number of benzene rings is 1. The second-order valence-electron chi connectivity index (χ2n) is 4.21. The number of hydrogen-bond acceptors (Lipinski definition) is 5. The van der Waals surface area contributed by atoms with Crippen LogP contribution in [-0.2, 0) is 0 Å². The van der Waals surface area contributed by atoms with E-state index in [1.807, 2.05) is 6.07 Å². The highest BCUT2D eigenvalue weighted by Crippen LogP contribution is 2.30. The van der Waals surface area contributed by atoms with Crippen molar-refractivity contribution in [3.63, 3.8) is 0 Å². The first kappa shape index (κ1) is 12.7. The Morgan fingerprint density at radius 2 is 2.11 bits per heavy atom. The number of nitro groups is 1. The van der Waals surface area contributed by atoms with Crippen LogP contribution in [0.4, 0.5) is 5.69 Å².